The van der Waals surface area contributed by atoms with Crippen LogP contribution in [0.4, 0.5) is 0 Å². The average molecular weight is 287 g/mol. The Morgan fingerprint density at radius 3 is 2.53 bits per heavy atom. The van der Waals surface area contributed by atoms with Crippen molar-refractivity contribution in [1.29, 1.82) is 0 Å². The van der Waals surface area contributed by atoms with Crippen molar-refractivity contribution in [2.75, 3.05) is 33.7 Å². The summed E-state index contributed by atoms with van der Waals surface area (Å²) in [5.41, 5.74) is 0.515. The lowest BCUT2D eigenvalue weighted by atomic mass is 10.1. The summed E-state index contributed by atoms with van der Waals surface area (Å²) >= 11 is -1.48. The number of carbonyl (C=O) groups is 1. The molecule has 110 valence electrons. The summed E-state index contributed by atoms with van der Waals surface area (Å²) in [7, 11) is 4.03. The molecule has 0 saturated carbocycles. The first-order valence-corrected chi connectivity index (χ1v) is 7.91. The van der Waals surface area contributed by atoms with Gasteiger partial charge in [0.15, 0.2) is 0 Å². The molecule has 0 saturated heterocycles. The van der Waals surface area contributed by atoms with Gasteiger partial charge in [-0.1, -0.05) is 13.8 Å². The maximum Gasteiger partial charge on any atom is 0.389 e. The van der Waals surface area contributed by atoms with E-state index in [1.807, 2.05) is 14.1 Å². The molecule has 0 spiro atoms. The first-order valence-electron chi connectivity index (χ1n) is 6.76. The van der Waals surface area contributed by atoms with E-state index in [9.17, 15) is 9.35 Å². The SMILES string of the molecule is CC(C)CCNC1=C(NCCCN(C)C)C(=O)[S+]1[O-]. The molecule has 0 aliphatic carbocycles. The fourth-order valence-electron chi connectivity index (χ4n) is 1.71. The van der Waals surface area contributed by atoms with Gasteiger partial charge >= 0.3 is 5.12 Å². The molecule has 0 aromatic carbocycles. The molecule has 2 N–H and O–H groups in total. The lowest BCUT2D eigenvalue weighted by Crippen LogP contribution is -2.45. The molecule has 0 fully saturated rings. The second kappa shape index (κ2) is 7.77. The Labute approximate surface area is 119 Å². The minimum Gasteiger partial charge on any atom is -0.603 e. The van der Waals surface area contributed by atoms with Gasteiger partial charge in [-0.2, -0.15) is 0 Å². The highest BCUT2D eigenvalue weighted by Gasteiger charge is 2.45. The normalized spacial score (nSPS) is 19.1. The third-order valence-corrected chi connectivity index (χ3v) is 4.14. The van der Waals surface area contributed by atoms with Crippen molar-refractivity contribution >= 4 is 16.3 Å². The third kappa shape index (κ3) is 5.04. The molecule has 19 heavy (non-hydrogen) atoms. The fraction of sp³-hybridized carbons (Fsp3) is 0.769. The Bertz CT molecular complexity index is 343. The zero-order chi connectivity index (χ0) is 14.4. The molecule has 0 aromatic rings. The second-order valence-electron chi connectivity index (χ2n) is 5.45. The molecule has 1 rings (SSSR count). The standard InChI is InChI=1S/C13H25N3O2S/c1-10(2)6-8-15-12-11(13(17)19(12)18)14-7-5-9-16(3)4/h10,14-15H,5-9H2,1-4H3. The fourth-order valence-corrected chi connectivity index (χ4v) is 2.69. The number of hydrogen-bond acceptors (Lipinski definition) is 5. The average Bonchev–Trinajstić information content (AvgIpc) is 2.34. The van der Waals surface area contributed by atoms with Crippen LogP contribution < -0.4 is 10.6 Å². The quantitative estimate of drug-likeness (QED) is 0.481. The molecule has 1 heterocycles. The van der Waals surface area contributed by atoms with Gasteiger partial charge in [0.1, 0.15) is 0 Å². The van der Waals surface area contributed by atoms with E-state index in [4.69, 9.17) is 0 Å². The molecule has 1 aliphatic rings. The van der Waals surface area contributed by atoms with Crippen molar-refractivity contribution in [3.05, 3.63) is 10.7 Å². The molecule has 1 unspecified atom stereocenters. The van der Waals surface area contributed by atoms with Crippen molar-refractivity contribution in [2.45, 2.75) is 26.7 Å². The van der Waals surface area contributed by atoms with Crippen LogP contribution in [0.1, 0.15) is 26.7 Å². The van der Waals surface area contributed by atoms with Gasteiger partial charge in [0.05, 0.1) is 11.2 Å². The topological polar surface area (TPSA) is 67.4 Å². The van der Waals surface area contributed by atoms with Crippen LogP contribution in [0.15, 0.2) is 10.7 Å². The molecule has 6 heteroatoms. The Kier molecular flexibility index (Phi) is 6.68. The van der Waals surface area contributed by atoms with Crippen molar-refractivity contribution < 1.29 is 9.35 Å². The van der Waals surface area contributed by atoms with Crippen LogP contribution in [0.3, 0.4) is 0 Å². The Hall–Kier alpha value is -0.720. The van der Waals surface area contributed by atoms with E-state index in [-0.39, 0.29) is 5.12 Å². The minimum absolute atomic E-state index is 0.281. The van der Waals surface area contributed by atoms with E-state index < -0.39 is 11.2 Å². The molecule has 0 aromatic heterocycles. The number of carbonyl (C=O) groups excluding carboxylic acids is 1. The van der Waals surface area contributed by atoms with Gasteiger partial charge in [-0.25, -0.2) is 4.79 Å². The maximum atomic E-state index is 11.6. The summed E-state index contributed by atoms with van der Waals surface area (Å²) in [5.74, 6) is 0.591. The van der Waals surface area contributed by atoms with Crippen molar-refractivity contribution in [2.24, 2.45) is 5.92 Å². The Morgan fingerprint density at radius 2 is 1.95 bits per heavy atom. The molecular weight excluding hydrogens is 262 g/mol. The van der Waals surface area contributed by atoms with Crippen molar-refractivity contribution in [3.63, 3.8) is 0 Å². The summed E-state index contributed by atoms with van der Waals surface area (Å²) in [6.07, 6.45) is 1.96. The Balaban J connectivity index is 2.38. The summed E-state index contributed by atoms with van der Waals surface area (Å²) in [6.45, 7) is 6.73. The van der Waals surface area contributed by atoms with Crippen LogP contribution in [0.2, 0.25) is 0 Å². The van der Waals surface area contributed by atoms with Crippen LogP contribution in [0.5, 0.6) is 0 Å². The summed E-state index contributed by atoms with van der Waals surface area (Å²) in [4.78, 5) is 13.6. The third-order valence-electron chi connectivity index (χ3n) is 2.88. The first kappa shape index (κ1) is 16.3. The van der Waals surface area contributed by atoms with Gasteiger partial charge in [0.2, 0.25) is 5.70 Å². The van der Waals surface area contributed by atoms with Gasteiger partial charge in [-0.05, 0) is 39.4 Å². The van der Waals surface area contributed by atoms with E-state index in [1.54, 1.807) is 0 Å². The number of nitrogens with one attached hydrogen (secondary N) is 2. The van der Waals surface area contributed by atoms with Crippen molar-refractivity contribution in [3.8, 4) is 0 Å². The number of hydrogen-bond donors (Lipinski definition) is 2. The van der Waals surface area contributed by atoms with Gasteiger partial charge < -0.3 is 20.1 Å². The monoisotopic (exact) mass is 287 g/mol. The van der Waals surface area contributed by atoms with E-state index in [0.717, 1.165) is 32.5 Å². The van der Waals surface area contributed by atoms with Gasteiger partial charge in [-0.3, -0.25) is 0 Å². The van der Waals surface area contributed by atoms with E-state index in [2.05, 4.69) is 29.4 Å². The highest BCUT2D eigenvalue weighted by molar-refractivity contribution is 8.12. The molecule has 0 bridgehead atoms. The lowest BCUT2D eigenvalue weighted by Gasteiger charge is -2.25. The predicted octanol–water partition coefficient (Wildman–Crippen LogP) is 0.621. The van der Waals surface area contributed by atoms with E-state index in [1.165, 1.54) is 0 Å². The van der Waals surface area contributed by atoms with Gasteiger partial charge in [-0.15, -0.1) is 0 Å². The zero-order valence-corrected chi connectivity index (χ0v) is 13.1. The highest BCUT2D eigenvalue weighted by atomic mass is 32.2. The second-order valence-corrected chi connectivity index (χ2v) is 6.77. The van der Waals surface area contributed by atoms with E-state index in [0.29, 0.717) is 16.6 Å². The lowest BCUT2D eigenvalue weighted by molar-refractivity contribution is -0.109. The summed E-state index contributed by atoms with van der Waals surface area (Å²) in [5, 5.41) is 6.51. The van der Waals surface area contributed by atoms with Crippen LogP contribution in [0.25, 0.3) is 0 Å². The molecule has 5 nitrogen and oxygen atoms in total. The molecule has 1 aliphatic heterocycles. The van der Waals surface area contributed by atoms with Gasteiger partial charge in [0.25, 0.3) is 5.03 Å². The molecule has 1 atom stereocenters. The smallest absolute Gasteiger partial charge is 0.389 e. The van der Waals surface area contributed by atoms with Crippen molar-refractivity contribution in [1.82, 2.24) is 15.5 Å². The van der Waals surface area contributed by atoms with Crippen LogP contribution in [-0.4, -0.2) is 48.3 Å². The first-order chi connectivity index (χ1) is 8.93. The number of rotatable bonds is 9. The largest absolute Gasteiger partial charge is 0.603 e. The van der Waals surface area contributed by atoms with Crippen LogP contribution >= 0.6 is 0 Å². The zero-order valence-electron chi connectivity index (χ0n) is 12.3. The minimum atomic E-state index is -1.48. The molecule has 0 amide bonds. The Morgan fingerprint density at radius 1 is 1.26 bits per heavy atom. The van der Waals surface area contributed by atoms with Crippen LogP contribution in [-0.2, 0) is 16.0 Å². The highest BCUT2D eigenvalue weighted by Crippen LogP contribution is 2.24. The van der Waals surface area contributed by atoms with E-state index >= 15 is 0 Å². The molecule has 0 radical (unpaired) electrons. The van der Waals surface area contributed by atoms with Gasteiger partial charge in [0, 0.05) is 13.1 Å². The predicted molar refractivity (Wildman–Crippen MR) is 78.8 cm³/mol. The maximum absolute atomic E-state index is 11.6. The molecular formula is C13H25N3O2S. The summed E-state index contributed by atoms with van der Waals surface area (Å²) in [6, 6.07) is 0. The number of nitrogens with zero attached hydrogens (tertiary/aromatic N) is 1. The summed E-state index contributed by atoms with van der Waals surface area (Å²) < 4.78 is 11.6. The van der Waals surface area contributed by atoms with Crippen LogP contribution in [0, 0.1) is 5.92 Å².